The molecule has 4 nitrogen and oxygen atoms in total. The van der Waals surface area contributed by atoms with Crippen molar-refractivity contribution < 1.29 is 19.1 Å². The Kier molecular flexibility index (Phi) is 4.37. The summed E-state index contributed by atoms with van der Waals surface area (Å²) in [5.41, 5.74) is -0.265. The average Bonchev–Trinajstić information content (AvgIpc) is 2.41. The summed E-state index contributed by atoms with van der Waals surface area (Å²) in [4.78, 5) is 22.7. The molecule has 2 rings (SSSR count). The van der Waals surface area contributed by atoms with Crippen molar-refractivity contribution in [1.82, 2.24) is 5.32 Å². The van der Waals surface area contributed by atoms with E-state index in [2.05, 4.69) is 12.2 Å². The largest absolute Gasteiger partial charge is 0.478 e. The molecule has 2 N–H and O–H groups in total. The number of hydrogen-bond acceptors (Lipinski definition) is 2. The van der Waals surface area contributed by atoms with Crippen LogP contribution in [-0.4, -0.2) is 23.0 Å². The van der Waals surface area contributed by atoms with Crippen LogP contribution >= 0.6 is 0 Å². The lowest BCUT2D eigenvalue weighted by atomic mass is 9.87. The van der Waals surface area contributed by atoms with E-state index in [4.69, 9.17) is 5.11 Å². The van der Waals surface area contributed by atoms with Crippen LogP contribution in [0.1, 0.15) is 53.3 Å². The molecule has 108 valence electrons. The fourth-order valence-electron chi connectivity index (χ4n) is 2.50. The Labute approximate surface area is 117 Å². The molecular formula is C15H18FNO3. The molecular weight excluding hydrogens is 261 g/mol. The van der Waals surface area contributed by atoms with Crippen molar-refractivity contribution in [3.63, 3.8) is 0 Å². The second kappa shape index (κ2) is 6.03. The maximum absolute atomic E-state index is 13.8. The van der Waals surface area contributed by atoms with Gasteiger partial charge in [-0.2, -0.15) is 0 Å². The molecule has 0 saturated heterocycles. The van der Waals surface area contributed by atoms with Crippen LogP contribution in [0.4, 0.5) is 4.39 Å². The van der Waals surface area contributed by atoms with Gasteiger partial charge in [0.25, 0.3) is 5.91 Å². The van der Waals surface area contributed by atoms with Gasteiger partial charge in [-0.3, -0.25) is 4.79 Å². The van der Waals surface area contributed by atoms with Crippen molar-refractivity contribution in [1.29, 1.82) is 0 Å². The van der Waals surface area contributed by atoms with E-state index in [9.17, 15) is 14.0 Å². The fourth-order valence-corrected chi connectivity index (χ4v) is 2.50. The van der Waals surface area contributed by atoms with Crippen LogP contribution in [0.25, 0.3) is 0 Å². The Balaban J connectivity index is 2.04. The van der Waals surface area contributed by atoms with E-state index >= 15 is 0 Å². The second-order valence-corrected chi connectivity index (χ2v) is 5.43. The van der Waals surface area contributed by atoms with Gasteiger partial charge in [-0.25, -0.2) is 9.18 Å². The predicted octanol–water partition coefficient (Wildman–Crippen LogP) is 2.83. The summed E-state index contributed by atoms with van der Waals surface area (Å²) in [6.45, 7) is 2.18. The van der Waals surface area contributed by atoms with Gasteiger partial charge >= 0.3 is 5.97 Å². The van der Waals surface area contributed by atoms with Crippen LogP contribution in [0.15, 0.2) is 18.2 Å². The van der Waals surface area contributed by atoms with Gasteiger partial charge in [-0.05, 0) is 49.8 Å². The third kappa shape index (κ3) is 3.35. The predicted molar refractivity (Wildman–Crippen MR) is 72.2 cm³/mol. The number of amides is 1. The highest BCUT2D eigenvalue weighted by Gasteiger charge is 2.22. The molecule has 0 unspecified atom stereocenters. The molecule has 1 amide bonds. The molecule has 1 fully saturated rings. The first-order chi connectivity index (χ1) is 9.47. The van der Waals surface area contributed by atoms with Gasteiger partial charge < -0.3 is 10.4 Å². The van der Waals surface area contributed by atoms with Crippen molar-refractivity contribution in [2.75, 3.05) is 0 Å². The summed E-state index contributed by atoms with van der Waals surface area (Å²) >= 11 is 0. The van der Waals surface area contributed by atoms with Crippen LogP contribution in [0.5, 0.6) is 0 Å². The fraction of sp³-hybridized carbons (Fsp3) is 0.467. The number of benzene rings is 1. The standard InChI is InChI=1S/C15H18FNO3/c1-9-2-5-11(6-3-9)17-14(18)12-7-4-10(15(19)20)8-13(12)16/h4,7-9,11H,2-3,5-6H2,1H3,(H,17,18)(H,19,20). The van der Waals surface area contributed by atoms with Gasteiger partial charge in [0, 0.05) is 6.04 Å². The average molecular weight is 279 g/mol. The Morgan fingerprint density at radius 1 is 1.25 bits per heavy atom. The lowest BCUT2D eigenvalue weighted by Gasteiger charge is -2.26. The number of carbonyl (C=O) groups is 2. The molecule has 0 spiro atoms. The summed E-state index contributed by atoms with van der Waals surface area (Å²) in [7, 11) is 0. The summed E-state index contributed by atoms with van der Waals surface area (Å²) in [6.07, 6.45) is 3.93. The first-order valence-electron chi connectivity index (χ1n) is 6.81. The maximum atomic E-state index is 13.8. The Bertz CT molecular complexity index is 522. The number of hydrogen-bond donors (Lipinski definition) is 2. The van der Waals surface area contributed by atoms with Crippen molar-refractivity contribution in [2.24, 2.45) is 5.92 Å². The molecule has 1 saturated carbocycles. The van der Waals surface area contributed by atoms with Gasteiger partial charge in [0.05, 0.1) is 11.1 Å². The number of halogens is 1. The summed E-state index contributed by atoms with van der Waals surface area (Å²) < 4.78 is 13.8. The van der Waals surface area contributed by atoms with E-state index in [-0.39, 0.29) is 17.2 Å². The Hall–Kier alpha value is -1.91. The minimum Gasteiger partial charge on any atom is -0.478 e. The number of carboxylic acid groups (broad SMARTS) is 1. The summed E-state index contributed by atoms with van der Waals surface area (Å²) in [5.74, 6) is -1.81. The minimum atomic E-state index is -1.21. The SMILES string of the molecule is CC1CCC(NC(=O)c2ccc(C(=O)O)cc2F)CC1. The molecule has 1 aromatic rings. The van der Waals surface area contributed by atoms with E-state index in [1.165, 1.54) is 12.1 Å². The zero-order chi connectivity index (χ0) is 14.7. The molecule has 0 atom stereocenters. The van der Waals surface area contributed by atoms with Crippen molar-refractivity contribution >= 4 is 11.9 Å². The lowest BCUT2D eigenvalue weighted by molar-refractivity contribution is 0.0695. The first-order valence-corrected chi connectivity index (χ1v) is 6.81. The van der Waals surface area contributed by atoms with Crippen LogP contribution in [0.2, 0.25) is 0 Å². The molecule has 1 aliphatic rings. The van der Waals surface area contributed by atoms with E-state index in [0.717, 1.165) is 31.7 Å². The van der Waals surface area contributed by atoms with Gasteiger partial charge in [0.1, 0.15) is 5.82 Å². The number of aromatic carboxylic acids is 1. The molecule has 0 bridgehead atoms. The van der Waals surface area contributed by atoms with Crippen molar-refractivity contribution in [3.05, 3.63) is 35.1 Å². The zero-order valence-corrected chi connectivity index (χ0v) is 11.4. The molecule has 20 heavy (non-hydrogen) atoms. The monoisotopic (exact) mass is 279 g/mol. The molecule has 0 aromatic heterocycles. The summed E-state index contributed by atoms with van der Waals surface area (Å²) in [6, 6.07) is 3.42. The van der Waals surface area contributed by atoms with Gasteiger partial charge in [-0.15, -0.1) is 0 Å². The van der Waals surface area contributed by atoms with E-state index in [1.807, 2.05) is 0 Å². The molecule has 0 radical (unpaired) electrons. The highest BCUT2D eigenvalue weighted by Crippen LogP contribution is 2.23. The third-order valence-electron chi connectivity index (χ3n) is 3.81. The Morgan fingerprint density at radius 2 is 1.90 bits per heavy atom. The zero-order valence-electron chi connectivity index (χ0n) is 11.4. The summed E-state index contributed by atoms with van der Waals surface area (Å²) in [5, 5.41) is 11.6. The first kappa shape index (κ1) is 14.5. The number of carboxylic acids is 1. The van der Waals surface area contributed by atoms with E-state index in [0.29, 0.717) is 5.92 Å². The Morgan fingerprint density at radius 3 is 2.45 bits per heavy atom. The second-order valence-electron chi connectivity index (χ2n) is 5.43. The molecule has 1 aliphatic carbocycles. The van der Waals surface area contributed by atoms with Gasteiger partial charge in [0.15, 0.2) is 0 Å². The van der Waals surface area contributed by atoms with Gasteiger partial charge in [0.2, 0.25) is 0 Å². The van der Waals surface area contributed by atoms with Gasteiger partial charge in [-0.1, -0.05) is 6.92 Å². The minimum absolute atomic E-state index is 0.0808. The quantitative estimate of drug-likeness (QED) is 0.894. The normalized spacial score (nSPS) is 22.3. The van der Waals surface area contributed by atoms with Crippen molar-refractivity contribution in [2.45, 2.75) is 38.6 Å². The van der Waals surface area contributed by atoms with Crippen LogP contribution in [-0.2, 0) is 0 Å². The van der Waals surface area contributed by atoms with E-state index < -0.39 is 17.7 Å². The third-order valence-corrected chi connectivity index (χ3v) is 3.81. The number of nitrogens with one attached hydrogen (secondary N) is 1. The molecule has 1 aromatic carbocycles. The molecule has 0 aliphatic heterocycles. The van der Waals surface area contributed by atoms with Crippen LogP contribution in [0.3, 0.4) is 0 Å². The maximum Gasteiger partial charge on any atom is 0.335 e. The highest BCUT2D eigenvalue weighted by molar-refractivity contribution is 5.96. The molecule has 0 heterocycles. The molecule has 5 heteroatoms. The van der Waals surface area contributed by atoms with Crippen molar-refractivity contribution in [3.8, 4) is 0 Å². The van der Waals surface area contributed by atoms with E-state index in [1.54, 1.807) is 0 Å². The lowest BCUT2D eigenvalue weighted by Crippen LogP contribution is -2.37. The number of rotatable bonds is 3. The highest BCUT2D eigenvalue weighted by atomic mass is 19.1. The number of carbonyl (C=O) groups excluding carboxylic acids is 1. The van der Waals surface area contributed by atoms with Crippen LogP contribution in [0, 0.1) is 11.7 Å². The topological polar surface area (TPSA) is 66.4 Å². The smallest absolute Gasteiger partial charge is 0.335 e. The van der Waals surface area contributed by atoms with Crippen LogP contribution < -0.4 is 5.32 Å².